The van der Waals surface area contributed by atoms with E-state index in [1.54, 1.807) is 0 Å². The van der Waals surface area contributed by atoms with Gasteiger partial charge in [-0.3, -0.25) is 4.98 Å². The molecule has 0 radical (unpaired) electrons. The number of aromatic nitrogens is 1. The van der Waals surface area contributed by atoms with E-state index in [0.29, 0.717) is 0 Å². The van der Waals surface area contributed by atoms with E-state index in [1.807, 2.05) is 24.5 Å². The quantitative estimate of drug-likeness (QED) is 0.706. The third-order valence-corrected chi connectivity index (χ3v) is 3.84. The molecule has 0 aliphatic carbocycles. The fraction of sp³-hybridized carbons (Fsp3) is 0.250. The molecule has 0 aliphatic heterocycles. The summed E-state index contributed by atoms with van der Waals surface area (Å²) in [5.74, 6) is 0.979. The van der Waals surface area contributed by atoms with Crippen LogP contribution in [-0.4, -0.2) is 11.6 Å². The van der Waals surface area contributed by atoms with Gasteiger partial charge in [0.05, 0.1) is 6.61 Å². The minimum absolute atomic E-state index is 0.746. The Labute approximate surface area is 137 Å². The molecule has 1 aromatic heterocycles. The zero-order valence-corrected chi connectivity index (χ0v) is 13.5. The van der Waals surface area contributed by atoms with Crippen LogP contribution in [0.5, 0.6) is 5.75 Å². The molecule has 1 N–H and O–H groups in total. The second-order valence-corrected chi connectivity index (χ2v) is 5.57. The summed E-state index contributed by atoms with van der Waals surface area (Å²) in [6.45, 7) is 4.47. The highest BCUT2D eigenvalue weighted by Gasteiger charge is 2.08. The smallest absolute Gasteiger partial charge is 0.124 e. The molecule has 0 saturated heterocycles. The summed E-state index contributed by atoms with van der Waals surface area (Å²) in [5.41, 5.74) is 2.46. The number of nitrogens with one attached hydrogen (secondary N) is 1. The van der Waals surface area contributed by atoms with Gasteiger partial charge >= 0.3 is 0 Å². The molecule has 3 nitrogen and oxygen atoms in total. The van der Waals surface area contributed by atoms with Crippen LogP contribution in [0, 0.1) is 0 Å². The van der Waals surface area contributed by atoms with Crippen molar-refractivity contribution in [1.29, 1.82) is 0 Å². The predicted octanol–water partition coefficient (Wildman–Crippen LogP) is 4.31. The first kappa shape index (κ1) is 15.5. The van der Waals surface area contributed by atoms with Crippen molar-refractivity contribution >= 4 is 10.8 Å². The van der Waals surface area contributed by atoms with Crippen LogP contribution in [0.4, 0.5) is 0 Å². The molecule has 0 spiro atoms. The van der Waals surface area contributed by atoms with E-state index in [0.717, 1.165) is 31.9 Å². The molecule has 3 aromatic rings. The Kier molecular flexibility index (Phi) is 5.22. The van der Waals surface area contributed by atoms with E-state index in [-0.39, 0.29) is 0 Å². The fourth-order valence-corrected chi connectivity index (χ4v) is 2.68. The molecule has 0 fully saturated rings. The van der Waals surface area contributed by atoms with Crippen molar-refractivity contribution in [2.24, 2.45) is 0 Å². The molecule has 1 heterocycles. The van der Waals surface area contributed by atoms with Gasteiger partial charge in [-0.05, 0) is 41.0 Å². The number of ether oxygens (including phenoxy) is 1. The summed E-state index contributed by atoms with van der Waals surface area (Å²) >= 11 is 0. The first-order chi connectivity index (χ1) is 11.4. The molecule has 3 rings (SSSR count). The third kappa shape index (κ3) is 3.88. The van der Waals surface area contributed by atoms with E-state index in [9.17, 15) is 0 Å². The molecule has 3 heteroatoms. The highest BCUT2D eigenvalue weighted by Crippen LogP contribution is 2.28. The second-order valence-electron chi connectivity index (χ2n) is 5.57. The Hall–Kier alpha value is -2.39. The summed E-state index contributed by atoms with van der Waals surface area (Å²) in [6.07, 6.45) is 4.66. The SMILES string of the molecule is CCCOc1ccc2ccccc2c1CNCc1ccncc1. The van der Waals surface area contributed by atoms with E-state index < -0.39 is 0 Å². The van der Waals surface area contributed by atoms with E-state index >= 15 is 0 Å². The molecular formula is C20H22N2O. The molecule has 0 amide bonds. The number of pyridine rings is 1. The largest absolute Gasteiger partial charge is 0.493 e. The zero-order valence-electron chi connectivity index (χ0n) is 13.5. The normalized spacial score (nSPS) is 10.8. The van der Waals surface area contributed by atoms with E-state index in [2.05, 4.69) is 53.6 Å². The lowest BCUT2D eigenvalue weighted by molar-refractivity contribution is 0.314. The topological polar surface area (TPSA) is 34.1 Å². The maximum Gasteiger partial charge on any atom is 0.124 e. The summed E-state index contributed by atoms with van der Waals surface area (Å²) in [5, 5.41) is 6.02. The standard InChI is InChI=1S/C20H22N2O/c1-2-13-23-20-8-7-17-5-3-4-6-18(17)19(20)15-22-14-16-9-11-21-12-10-16/h3-12,22H,2,13-15H2,1H3. The van der Waals surface area contributed by atoms with Crippen molar-refractivity contribution in [2.45, 2.75) is 26.4 Å². The van der Waals surface area contributed by atoms with Gasteiger partial charge in [0.2, 0.25) is 0 Å². The summed E-state index contributed by atoms with van der Waals surface area (Å²) in [4.78, 5) is 4.05. The van der Waals surface area contributed by atoms with Crippen LogP contribution in [0.15, 0.2) is 60.9 Å². The Morgan fingerprint density at radius 2 is 1.78 bits per heavy atom. The van der Waals surface area contributed by atoms with Crippen LogP contribution in [-0.2, 0) is 13.1 Å². The summed E-state index contributed by atoms with van der Waals surface area (Å²) in [6, 6.07) is 16.7. The molecule has 0 atom stereocenters. The minimum Gasteiger partial charge on any atom is -0.493 e. The fourth-order valence-electron chi connectivity index (χ4n) is 2.68. The van der Waals surface area contributed by atoms with Gasteiger partial charge in [0, 0.05) is 31.0 Å². The predicted molar refractivity (Wildman–Crippen MR) is 94.5 cm³/mol. The highest BCUT2D eigenvalue weighted by molar-refractivity contribution is 5.87. The Balaban J connectivity index is 1.81. The average Bonchev–Trinajstić information content (AvgIpc) is 2.61. The van der Waals surface area contributed by atoms with Gasteiger partial charge < -0.3 is 10.1 Å². The number of fused-ring (bicyclic) bond motifs is 1. The molecule has 0 aliphatic rings. The van der Waals surface area contributed by atoms with Gasteiger partial charge in [0.1, 0.15) is 5.75 Å². The Bertz CT molecular complexity index is 756. The Morgan fingerprint density at radius 3 is 2.61 bits per heavy atom. The average molecular weight is 306 g/mol. The van der Waals surface area contributed by atoms with Gasteiger partial charge in [-0.25, -0.2) is 0 Å². The van der Waals surface area contributed by atoms with Gasteiger partial charge in [-0.2, -0.15) is 0 Å². The first-order valence-electron chi connectivity index (χ1n) is 8.11. The van der Waals surface area contributed by atoms with Crippen molar-refractivity contribution < 1.29 is 4.74 Å². The molecule has 0 bridgehead atoms. The van der Waals surface area contributed by atoms with Crippen molar-refractivity contribution in [2.75, 3.05) is 6.61 Å². The molecule has 0 saturated carbocycles. The number of hydrogen-bond acceptors (Lipinski definition) is 3. The van der Waals surface area contributed by atoms with Crippen LogP contribution in [0.25, 0.3) is 10.8 Å². The monoisotopic (exact) mass is 306 g/mol. The van der Waals surface area contributed by atoms with Crippen LogP contribution in [0.2, 0.25) is 0 Å². The lowest BCUT2D eigenvalue weighted by Crippen LogP contribution is -2.14. The maximum atomic E-state index is 5.95. The molecular weight excluding hydrogens is 284 g/mol. The Morgan fingerprint density at radius 1 is 0.957 bits per heavy atom. The van der Waals surface area contributed by atoms with Crippen LogP contribution >= 0.6 is 0 Å². The van der Waals surface area contributed by atoms with Gasteiger partial charge in [0.25, 0.3) is 0 Å². The molecule has 0 unspecified atom stereocenters. The van der Waals surface area contributed by atoms with E-state index in [1.165, 1.54) is 21.9 Å². The highest BCUT2D eigenvalue weighted by atomic mass is 16.5. The van der Waals surface area contributed by atoms with Crippen molar-refractivity contribution in [1.82, 2.24) is 10.3 Å². The lowest BCUT2D eigenvalue weighted by atomic mass is 10.0. The molecule has 2 aromatic carbocycles. The van der Waals surface area contributed by atoms with E-state index in [4.69, 9.17) is 4.74 Å². The van der Waals surface area contributed by atoms with Crippen molar-refractivity contribution in [3.8, 4) is 5.75 Å². The summed E-state index contributed by atoms with van der Waals surface area (Å²) < 4.78 is 5.95. The van der Waals surface area contributed by atoms with Gasteiger partial charge in [0.15, 0.2) is 0 Å². The molecule has 118 valence electrons. The van der Waals surface area contributed by atoms with Gasteiger partial charge in [-0.15, -0.1) is 0 Å². The summed E-state index contributed by atoms with van der Waals surface area (Å²) in [7, 11) is 0. The lowest BCUT2D eigenvalue weighted by Gasteiger charge is -2.15. The van der Waals surface area contributed by atoms with Crippen LogP contribution in [0.1, 0.15) is 24.5 Å². The maximum absolute atomic E-state index is 5.95. The third-order valence-electron chi connectivity index (χ3n) is 3.84. The number of hydrogen-bond donors (Lipinski definition) is 1. The minimum atomic E-state index is 0.746. The van der Waals surface area contributed by atoms with Crippen molar-refractivity contribution in [3.05, 3.63) is 72.1 Å². The van der Waals surface area contributed by atoms with Crippen LogP contribution in [0.3, 0.4) is 0 Å². The van der Waals surface area contributed by atoms with Crippen LogP contribution < -0.4 is 10.1 Å². The number of benzene rings is 2. The number of nitrogens with zero attached hydrogens (tertiary/aromatic N) is 1. The molecule has 23 heavy (non-hydrogen) atoms. The number of rotatable bonds is 7. The zero-order chi connectivity index (χ0) is 15.9. The van der Waals surface area contributed by atoms with Gasteiger partial charge in [-0.1, -0.05) is 37.3 Å². The van der Waals surface area contributed by atoms with Crippen molar-refractivity contribution in [3.63, 3.8) is 0 Å². The first-order valence-corrected chi connectivity index (χ1v) is 8.11. The second kappa shape index (κ2) is 7.75.